The van der Waals surface area contributed by atoms with Crippen molar-refractivity contribution in [2.75, 3.05) is 13.1 Å². The van der Waals surface area contributed by atoms with Gasteiger partial charge in [0.05, 0.1) is 12.0 Å². The first-order valence-electron chi connectivity index (χ1n) is 8.14. The number of nitrogens with zero attached hydrogens (tertiary/aromatic N) is 1. The molecule has 3 heteroatoms. The van der Waals surface area contributed by atoms with Crippen LogP contribution in [0.1, 0.15) is 49.3 Å². The molecule has 3 nitrogen and oxygen atoms in total. The van der Waals surface area contributed by atoms with Crippen molar-refractivity contribution < 1.29 is 9.90 Å². The van der Waals surface area contributed by atoms with Gasteiger partial charge in [0.1, 0.15) is 0 Å². The maximum atomic E-state index is 12.4. The van der Waals surface area contributed by atoms with E-state index in [0.717, 1.165) is 31.4 Å². The monoisotopic (exact) mass is 287 g/mol. The maximum absolute atomic E-state index is 12.4. The lowest BCUT2D eigenvalue weighted by atomic mass is 9.89. The van der Waals surface area contributed by atoms with Crippen LogP contribution in [0.15, 0.2) is 18.2 Å². The van der Waals surface area contributed by atoms with E-state index in [2.05, 4.69) is 18.2 Å². The molecule has 3 rings (SSSR count). The minimum absolute atomic E-state index is 0.144. The third-order valence-corrected chi connectivity index (χ3v) is 4.80. The molecule has 1 unspecified atom stereocenters. The third-order valence-electron chi connectivity index (χ3n) is 4.80. The van der Waals surface area contributed by atoms with Crippen molar-refractivity contribution in [2.24, 2.45) is 0 Å². The molecule has 1 heterocycles. The molecule has 0 aromatic heterocycles. The molecular formula is C18H25NO2. The smallest absolute Gasteiger partial charge is 0.227 e. The van der Waals surface area contributed by atoms with E-state index >= 15 is 0 Å². The van der Waals surface area contributed by atoms with E-state index in [1.165, 1.54) is 30.4 Å². The Labute approximate surface area is 127 Å². The van der Waals surface area contributed by atoms with Gasteiger partial charge in [-0.1, -0.05) is 18.2 Å². The zero-order chi connectivity index (χ0) is 14.9. The Morgan fingerprint density at radius 3 is 2.76 bits per heavy atom. The van der Waals surface area contributed by atoms with Crippen LogP contribution in [0.2, 0.25) is 0 Å². The molecule has 0 saturated carbocycles. The number of rotatable bonds is 2. The number of piperidine rings is 1. The van der Waals surface area contributed by atoms with Gasteiger partial charge < -0.3 is 10.0 Å². The Morgan fingerprint density at radius 2 is 2.00 bits per heavy atom. The summed E-state index contributed by atoms with van der Waals surface area (Å²) in [4.78, 5) is 14.3. The zero-order valence-electron chi connectivity index (χ0n) is 12.9. The number of hydrogen-bond donors (Lipinski definition) is 1. The lowest BCUT2D eigenvalue weighted by molar-refractivity contribution is -0.136. The fraction of sp³-hybridized carbons (Fsp3) is 0.611. The molecule has 1 aromatic rings. The van der Waals surface area contributed by atoms with Crippen LogP contribution in [0.4, 0.5) is 0 Å². The molecule has 2 aliphatic rings. The van der Waals surface area contributed by atoms with Crippen LogP contribution in [0.25, 0.3) is 0 Å². The standard InChI is InChI=1S/C18H25NO2/c1-18(21)9-4-10-19(13-18)17(20)12-14-7-8-15-5-2-3-6-16(15)11-14/h7-8,11,21H,2-6,9-10,12-13H2,1H3. The van der Waals surface area contributed by atoms with Gasteiger partial charge in [0.2, 0.25) is 5.91 Å². The van der Waals surface area contributed by atoms with Crippen LogP contribution in [-0.4, -0.2) is 34.6 Å². The number of aliphatic hydroxyl groups is 1. The summed E-state index contributed by atoms with van der Waals surface area (Å²) in [6.45, 7) is 3.07. The van der Waals surface area contributed by atoms with Crippen LogP contribution >= 0.6 is 0 Å². The summed E-state index contributed by atoms with van der Waals surface area (Å²) in [5.41, 5.74) is 3.28. The van der Waals surface area contributed by atoms with Gasteiger partial charge in [0, 0.05) is 13.1 Å². The van der Waals surface area contributed by atoms with E-state index in [-0.39, 0.29) is 5.91 Å². The van der Waals surface area contributed by atoms with Crippen molar-refractivity contribution in [1.29, 1.82) is 0 Å². The van der Waals surface area contributed by atoms with E-state index in [1.54, 1.807) is 0 Å². The second-order valence-corrected chi connectivity index (χ2v) is 6.90. The summed E-state index contributed by atoms with van der Waals surface area (Å²) >= 11 is 0. The summed E-state index contributed by atoms with van der Waals surface area (Å²) in [5, 5.41) is 10.1. The third kappa shape index (κ3) is 3.46. The van der Waals surface area contributed by atoms with Gasteiger partial charge in [-0.05, 0) is 62.1 Å². The van der Waals surface area contributed by atoms with Crippen molar-refractivity contribution in [3.63, 3.8) is 0 Å². The van der Waals surface area contributed by atoms with Crippen molar-refractivity contribution in [1.82, 2.24) is 4.90 Å². The predicted molar refractivity (Wildman–Crippen MR) is 83.2 cm³/mol. The first kappa shape index (κ1) is 14.6. The summed E-state index contributed by atoms with van der Waals surface area (Å²) in [7, 11) is 0. The van der Waals surface area contributed by atoms with Gasteiger partial charge in [-0.25, -0.2) is 0 Å². The Bertz CT molecular complexity index is 536. The molecular weight excluding hydrogens is 262 g/mol. The average Bonchev–Trinajstić information content (AvgIpc) is 2.46. The number of fused-ring (bicyclic) bond motifs is 1. The average molecular weight is 287 g/mol. The molecule has 1 N–H and O–H groups in total. The lowest BCUT2D eigenvalue weighted by Gasteiger charge is -2.37. The molecule has 1 saturated heterocycles. The van der Waals surface area contributed by atoms with Crippen LogP contribution in [0.3, 0.4) is 0 Å². The molecule has 1 fully saturated rings. The van der Waals surface area contributed by atoms with Gasteiger partial charge in [0.25, 0.3) is 0 Å². The minimum Gasteiger partial charge on any atom is -0.388 e. The van der Waals surface area contributed by atoms with E-state index in [0.29, 0.717) is 13.0 Å². The summed E-state index contributed by atoms with van der Waals surface area (Å²) in [5.74, 6) is 0.144. The van der Waals surface area contributed by atoms with Crippen LogP contribution in [0, 0.1) is 0 Å². The van der Waals surface area contributed by atoms with Gasteiger partial charge in [-0.15, -0.1) is 0 Å². The van der Waals surface area contributed by atoms with E-state index in [9.17, 15) is 9.90 Å². The summed E-state index contributed by atoms with van der Waals surface area (Å²) in [6.07, 6.45) is 7.02. The molecule has 0 bridgehead atoms. The van der Waals surface area contributed by atoms with E-state index < -0.39 is 5.60 Å². The summed E-state index contributed by atoms with van der Waals surface area (Å²) in [6, 6.07) is 6.52. The lowest BCUT2D eigenvalue weighted by Crippen LogP contribution is -2.49. The van der Waals surface area contributed by atoms with E-state index in [4.69, 9.17) is 0 Å². The van der Waals surface area contributed by atoms with E-state index in [1.807, 2.05) is 11.8 Å². The maximum Gasteiger partial charge on any atom is 0.227 e. The van der Waals surface area contributed by atoms with Crippen LogP contribution in [0.5, 0.6) is 0 Å². The summed E-state index contributed by atoms with van der Waals surface area (Å²) < 4.78 is 0. The molecule has 114 valence electrons. The topological polar surface area (TPSA) is 40.5 Å². The first-order valence-corrected chi connectivity index (χ1v) is 8.14. The van der Waals surface area contributed by atoms with Gasteiger partial charge in [-0.2, -0.15) is 0 Å². The molecule has 1 aliphatic carbocycles. The Kier molecular flexibility index (Phi) is 4.03. The molecule has 1 amide bonds. The highest BCUT2D eigenvalue weighted by Crippen LogP contribution is 2.24. The second-order valence-electron chi connectivity index (χ2n) is 6.90. The van der Waals surface area contributed by atoms with Crippen molar-refractivity contribution >= 4 is 5.91 Å². The fourth-order valence-corrected chi connectivity index (χ4v) is 3.62. The Morgan fingerprint density at radius 1 is 1.24 bits per heavy atom. The largest absolute Gasteiger partial charge is 0.388 e. The van der Waals surface area contributed by atoms with Crippen molar-refractivity contribution in [3.8, 4) is 0 Å². The molecule has 21 heavy (non-hydrogen) atoms. The number of aryl methyl sites for hydroxylation is 2. The number of carbonyl (C=O) groups excluding carboxylic acids is 1. The molecule has 0 spiro atoms. The van der Waals surface area contributed by atoms with Gasteiger partial charge in [0.15, 0.2) is 0 Å². The molecule has 1 aromatic carbocycles. The highest BCUT2D eigenvalue weighted by atomic mass is 16.3. The first-order chi connectivity index (χ1) is 10.0. The highest BCUT2D eigenvalue weighted by molar-refractivity contribution is 5.79. The van der Waals surface area contributed by atoms with Crippen molar-refractivity contribution in [2.45, 2.75) is 57.5 Å². The highest BCUT2D eigenvalue weighted by Gasteiger charge is 2.30. The number of hydrogen-bond acceptors (Lipinski definition) is 2. The fourth-order valence-electron chi connectivity index (χ4n) is 3.62. The molecule has 1 atom stereocenters. The number of β-amino-alcohol motifs (C(OH)–C–C–N with tert-alkyl or cyclic N) is 1. The Balaban J connectivity index is 1.67. The second kappa shape index (κ2) is 5.80. The SMILES string of the molecule is CC1(O)CCCN(C(=O)Cc2ccc3c(c2)CCCC3)C1. The van der Waals surface area contributed by atoms with Gasteiger partial charge >= 0.3 is 0 Å². The van der Waals surface area contributed by atoms with Gasteiger partial charge in [-0.3, -0.25) is 4.79 Å². The Hall–Kier alpha value is -1.35. The quantitative estimate of drug-likeness (QED) is 0.908. The minimum atomic E-state index is -0.718. The number of likely N-dealkylation sites (tertiary alicyclic amines) is 1. The molecule has 1 aliphatic heterocycles. The molecule has 0 radical (unpaired) electrons. The number of benzene rings is 1. The van der Waals surface area contributed by atoms with Crippen LogP contribution in [-0.2, 0) is 24.1 Å². The zero-order valence-corrected chi connectivity index (χ0v) is 12.9. The number of carbonyl (C=O) groups is 1. The predicted octanol–water partition coefficient (Wildman–Crippen LogP) is 2.48. The normalized spacial score (nSPS) is 25.5. The van der Waals surface area contributed by atoms with Crippen molar-refractivity contribution in [3.05, 3.63) is 34.9 Å². The number of amides is 1. The van der Waals surface area contributed by atoms with Crippen LogP contribution < -0.4 is 0 Å².